The standard InChI is InChI=1S/C22H24ClF5N6O2/c1-5-9(2)36-20-12-18(33-21(35-4)34-19(12)31-7-6-30-3)16(25)17(32-20)10-8-11(29)15(24)14(23)13(10)22(26,27)28/h8-9,30H,5-7,29H2,1-4H3,(H,31,33,34). The van der Waals surface area contributed by atoms with Gasteiger partial charge in [0, 0.05) is 18.7 Å². The van der Waals surface area contributed by atoms with E-state index in [0.717, 1.165) is 0 Å². The molecule has 3 rings (SSSR count). The highest BCUT2D eigenvalue weighted by atomic mass is 35.5. The Bertz CT molecular complexity index is 1270. The highest BCUT2D eigenvalue weighted by Crippen LogP contribution is 2.46. The van der Waals surface area contributed by atoms with E-state index in [-0.39, 0.29) is 23.1 Å². The third kappa shape index (κ3) is 5.31. The molecule has 2 heterocycles. The minimum Gasteiger partial charge on any atom is -0.474 e. The van der Waals surface area contributed by atoms with E-state index in [1.807, 2.05) is 6.92 Å². The average molecular weight is 535 g/mol. The smallest absolute Gasteiger partial charge is 0.418 e. The van der Waals surface area contributed by atoms with Crippen LogP contribution < -0.4 is 25.8 Å². The van der Waals surface area contributed by atoms with Crippen LogP contribution >= 0.6 is 11.6 Å². The molecule has 0 bridgehead atoms. The number of likely N-dealkylation sites (N-methyl/N-ethyl adjacent to an activating group) is 1. The second-order valence-corrected chi connectivity index (χ2v) is 8.12. The second kappa shape index (κ2) is 10.8. The topological polar surface area (TPSA) is 107 Å². The van der Waals surface area contributed by atoms with E-state index >= 15 is 4.39 Å². The van der Waals surface area contributed by atoms with E-state index in [1.165, 1.54) is 7.11 Å². The maximum absolute atomic E-state index is 15.9. The van der Waals surface area contributed by atoms with Crippen molar-refractivity contribution in [3.63, 3.8) is 0 Å². The first-order valence-electron chi connectivity index (χ1n) is 10.8. The van der Waals surface area contributed by atoms with Crippen LogP contribution in [0.4, 0.5) is 33.5 Å². The molecule has 0 aliphatic heterocycles. The van der Waals surface area contributed by atoms with Gasteiger partial charge in [-0.15, -0.1) is 0 Å². The van der Waals surface area contributed by atoms with E-state index in [2.05, 4.69) is 25.6 Å². The summed E-state index contributed by atoms with van der Waals surface area (Å²) in [7, 11) is 2.97. The number of hydrogen-bond acceptors (Lipinski definition) is 8. The lowest BCUT2D eigenvalue weighted by Gasteiger charge is -2.20. The number of alkyl halides is 3. The normalized spacial score (nSPS) is 12.6. The summed E-state index contributed by atoms with van der Waals surface area (Å²) in [6.07, 6.45) is -5.13. The first kappa shape index (κ1) is 27.4. The molecule has 0 spiro atoms. The fourth-order valence-electron chi connectivity index (χ4n) is 3.29. The molecule has 196 valence electrons. The zero-order chi connectivity index (χ0) is 26.8. The van der Waals surface area contributed by atoms with Crippen molar-refractivity contribution in [2.75, 3.05) is 38.3 Å². The molecule has 36 heavy (non-hydrogen) atoms. The van der Waals surface area contributed by atoms with Crippen LogP contribution in [0.3, 0.4) is 0 Å². The summed E-state index contributed by atoms with van der Waals surface area (Å²) in [5, 5.41) is 4.60. The number of nitrogens with one attached hydrogen (secondary N) is 2. The first-order chi connectivity index (χ1) is 16.9. The van der Waals surface area contributed by atoms with Crippen molar-refractivity contribution >= 4 is 34.0 Å². The van der Waals surface area contributed by atoms with Gasteiger partial charge in [-0.3, -0.25) is 0 Å². The van der Waals surface area contributed by atoms with Crippen LogP contribution in [0.15, 0.2) is 6.07 Å². The third-order valence-electron chi connectivity index (χ3n) is 5.24. The van der Waals surface area contributed by atoms with Gasteiger partial charge < -0.3 is 25.8 Å². The largest absolute Gasteiger partial charge is 0.474 e. The second-order valence-electron chi connectivity index (χ2n) is 7.74. The quantitative estimate of drug-likeness (QED) is 0.199. The zero-order valence-electron chi connectivity index (χ0n) is 19.8. The van der Waals surface area contributed by atoms with Crippen LogP contribution in [0.1, 0.15) is 25.8 Å². The number of aromatic nitrogens is 3. The number of benzene rings is 1. The molecule has 0 radical (unpaired) electrons. The Morgan fingerprint density at radius 1 is 1.14 bits per heavy atom. The average Bonchev–Trinajstić information content (AvgIpc) is 2.82. The fourth-order valence-corrected chi connectivity index (χ4v) is 3.61. The van der Waals surface area contributed by atoms with Crippen LogP contribution in [-0.2, 0) is 6.18 Å². The number of rotatable bonds is 9. The Balaban J connectivity index is 2.45. The number of nitrogen functional groups attached to an aromatic ring is 1. The molecule has 8 nitrogen and oxygen atoms in total. The van der Waals surface area contributed by atoms with Gasteiger partial charge in [0.05, 0.1) is 29.5 Å². The third-order valence-corrected chi connectivity index (χ3v) is 5.60. The van der Waals surface area contributed by atoms with Gasteiger partial charge in [0.1, 0.15) is 22.4 Å². The van der Waals surface area contributed by atoms with E-state index in [4.69, 9.17) is 26.8 Å². The molecular weight excluding hydrogens is 511 g/mol. The van der Waals surface area contributed by atoms with E-state index < -0.39 is 57.0 Å². The lowest BCUT2D eigenvalue weighted by Crippen LogP contribution is -2.19. The number of nitrogens with two attached hydrogens (primary N) is 1. The van der Waals surface area contributed by atoms with Gasteiger partial charge in [-0.25, -0.2) is 13.8 Å². The molecule has 3 aromatic rings. The molecule has 0 saturated heterocycles. The molecular formula is C22H24ClF5N6O2. The van der Waals surface area contributed by atoms with Crippen LogP contribution in [0.5, 0.6) is 11.9 Å². The number of fused-ring (bicyclic) bond motifs is 1. The number of hydrogen-bond donors (Lipinski definition) is 3. The molecule has 1 unspecified atom stereocenters. The molecule has 1 aromatic carbocycles. The molecule has 1 atom stereocenters. The molecule has 4 N–H and O–H groups in total. The lowest BCUT2D eigenvalue weighted by molar-refractivity contribution is -0.137. The Morgan fingerprint density at radius 2 is 1.83 bits per heavy atom. The summed E-state index contributed by atoms with van der Waals surface area (Å²) in [6.45, 7) is 4.36. The molecule has 14 heteroatoms. The Morgan fingerprint density at radius 3 is 2.42 bits per heavy atom. The summed E-state index contributed by atoms with van der Waals surface area (Å²) in [4.78, 5) is 12.3. The monoisotopic (exact) mass is 534 g/mol. The molecule has 0 fully saturated rings. The first-order valence-corrected chi connectivity index (χ1v) is 11.2. The van der Waals surface area contributed by atoms with Crippen LogP contribution in [-0.4, -0.2) is 48.3 Å². The van der Waals surface area contributed by atoms with Crippen LogP contribution in [0.2, 0.25) is 5.02 Å². The van der Waals surface area contributed by atoms with Crippen molar-refractivity contribution in [3.8, 4) is 23.1 Å². The van der Waals surface area contributed by atoms with E-state index in [1.54, 1.807) is 14.0 Å². The zero-order valence-corrected chi connectivity index (χ0v) is 20.5. The van der Waals surface area contributed by atoms with Crippen molar-refractivity contribution in [1.29, 1.82) is 0 Å². The maximum atomic E-state index is 15.9. The Labute approximate surface area is 208 Å². The molecule has 0 saturated carbocycles. The minimum atomic E-state index is -5.16. The fraction of sp³-hybridized carbons (Fsp3) is 0.409. The summed E-state index contributed by atoms with van der Waals surface area (Å²) in [5.41, 5.74) is 1.06. The molecule has 0 aliphatic rings. The number of nitrogens with zero attached hydrogens (tertiary/aromatic N) is 3. The van der Waals surface area contributed by atoms with Gasteiger partial charge in [0.2, 0.25) is 5.88 Å². The van der Waals surface area contributed by atoms with Gasteiger partial charge >= 0.3 is 12.2 Å². The number of pyridine rings is 1. The number of methoxy groups -OCH3 is 1. The lowest BCUT2D eigenvalue weighted by atomic mass is 10.0. The van der Waals surface area contributed by atoms with Gasteiger partial charge in [-0.05, 0) is 26.5 Å². The number of halogens is 6. The van der Waals surface area contributed by atoms with Crippen LogP contribution in [0, 0.1) is 11.6 Å². The highest BCUT2D eigenvalue weighted by molar-refractivity contribution is 6.32. The summed E-state index contributed by atoms with van der Waals surface area (Å²) in [5.74, 6) is -2.88. The Hall–Kier alpha value is -3.19. The van der Waals surface area contributed by atoms with Crippen molar-refractivity contribution in [3.05, 3.63) is 28.3 Å². The van der Waals surface area contributed by atoms with Crippen LogP contribution in [0.25, 0.3) is 22.2 Å². The van der Waals surface area contributed by atoms with Crippen molar-refractivity contribution < 1.29 is 31.4 Å². The van der Waals surface area contributed by atoms with Crippen molar-refractivity contribution in [2.24, 2.45) is 0 Å². The van der Waals surface area contributed by atoms with Gasteiger partial charge in [0.25, 0.3) is 0 Å². The molecule has 0 amide bonds. The highest BCUT2D eigenvalue weighted by Gasteiger charge is 2.40. The molecule has 2 aromatic heterocycles. The molecule has 0 aliphatic carbocycles. The van der Waals surface area contributed by atoms with Crippen molar-refractivity contribution in [1.82, 2.24) is 20.3 Å². The van der Waals surface area contributed by atoms with Gasteiger partial charge in [0.15, 0.2) is 11.6 Å². The summed E-state index contributed by atoms with van der Waals surface area (Å²) >= 11 is 5.68. The van der Waals surface area contributed by atoms with E-state index in [9.17, 15) is 17.6 Å². The van der Waals surface area contributed by atoms with Gasteiger partial charge in [-0.2, -0.15) is 23.1 Å². The Kier molecular flexibility index (Phi) is 8.24. The summed E-state index contributed by atoms with van der Waals surface area (Å²) in [6, 6.07) is 0.367. The van der Waals surface area contributed by atoms with E-state index in [0.29, 0.717) is 25.6 Å². The minimum absolute atomic E-state index is 0.0109. The number of ether oxygens (including phenoxy) is 2. The summed E-state index contributed by atoms with van der Waals surface area (Å²) < 4.78 is 82.9. The predicted octanol–water partition coefficient (Wildman–Crippen LogP) is 5.04. The predicted molar refractivity (Wildman–Crippen MR) is 126 cm³/mol. The number of anilines is 2. The SMILES string of the molecule is CCC(C)Oc1nc(-c2cc(N)c(F)c(Cl)c2C(F)(F)F)c(F)c2nc(OC)nc(NCCNC)c12. The van der Waals surface area contributed by atoms with Crippen molar-refractivity contribution in [2.45, 2.75) is 32.5 Å². The van der Waals surface area contributed by atoms with Gasteiger partial charge in [-0.1, -0.05) is 18.5 Å². The maximum Gasteiger partial charge on any atom is 0.418 e.